The standard InChI is InChI=1S/C15H17N3O3S/c1-9-8-12(22-13(9)15(20)21)14(19)18-6-3-4-11(18)10-5-7-17(2)16-10/h5,7-8,11H,3-4,6H2,1-2H3,(H,20,21). The predicted molar refractivity (Wildman–Crippen MR) is 82.2 cm³/mol. The first-order chi connectivity index (χ1) is 10.5. The van der Waals surface area contributed by atoms with Crippen LogP contribution in [0.15, 0.2) is 18.3 Å². The number of carbonyl (C=O) groups is 2. The maximum Gasteiger partial charge on any atom is 0.346 e. The second-order valence-corrected chi connectivity index (χ2v) is 6.55. The Labute approximate surface area is 132 Å². The van der Waals surface area contributed by atoms with Gasteiger partial charge in [-0.15, -0.1) is 11.3 Å². The van der Waals surface area contributed by atoms with Gasteiger partial charge in [0, 0.05) is 19.8 Å². The lowest BCUT2D eigenvalue weighted by Crippen LogP contribution is -2.30. The lowest BCUT2D eigenvalue weighted by molar-refractivity contribution is 0.0700. The Morgan fingerprint density at radius 1 is 1.45 bits per heavy atom. The highest BCUT2D eigenvalue weighted by molar-refractivity contribution is 7.16. The molecular formula is C15H17N3O3S. The molecular weight excluding hydrogens is 302 g/mol. The van der Waals surface area contributed by atoms with Gasteiger partial charge in [-0.25, -0.2) is 4.79 Å². The molecule has 3 rings (SSSR count). The van der Waals surface area contributed by atoms with Crippen LogP contribution in [-0.4, -0.2) is 38.2 Å². The topological polar surface area (TPSA) is 75.4 Å². The zero-order valence-electron chi connectivity index (χ0n) is 12.4. The molecule has 1 amide bonds. The van der Waals surface area contributed by atoms with E-state index in [1.165, 1.54) is 0 Å². The first-order valence-corrected chi connectivity index (χ1v) is 7.93. The minimum Gasteiger partial charge on any atom is -0.477 e. The summed E-state index contributed by atoms with van der Waals surface area (Å²) < 4.78 is 1.73. The molecule has 3 heterocycles. The van der Waals surface area contributed by atoms with Crippen LogP contribution in [0.25, 0.3) is 0 Å². The van der Waals surface area contributed by atoms with Crippen LogP contribution in [0.3, 0.4) is 0 Å². The number of rotatable bonds is 3. The van der Waals surface area contributed by atoms with Gasteiger partial charge in [0.2, 0.25) is 0 Å². The number of carbonyl (C=O) groups excluding carboxylic acids is 1. The van der Waals surface area contributed by atoms with E-state index in [-0.39, 0.29) is 16.8 Å². The normalized spacial score (nSPS) is 17.9. The smallest absolute Gasteiger partial charge is 0.346 e. The van der Waals surface area contributed by atoms with E-state index in [1.807, 2.05) is 19.3 Å². The molecule has 1 fully saturated rings. The molecule has 22 heavy (non-hydrogen) atoms. The van der Waals surface area contributed by atoms with E-state index in [0.29, 0.717) is 17.0 Å². The molecule has 1 N–H and O–H groups in total. The first kappa shape index (κ1) is 14.8. The first-order valence-electron chi connectivity index (χ1n) is 7.11. The van der Waals surface area contributed by atoms with Gasteiger partial charge in [0.25, 0.3) is 5.91 Å². The molecule has 0 aliphatic carbocycles. The molecule has 0 spiro atoms. The zero-order valence-corrected chi connectivity index (χ0v) is 13.3. The van der Waals surface area contributed by atoms with Crippen molar-refractivity contribution in [1.29, 1.82) is 0 Å². The number of amides is 1. The zero-order chi connectivity index (χ0) is 15.9. The molecule has 1 atom stereocenters. The third kappa shape index (κ3) is 2.52. The fourth-order valence-corrected chi connectivity index (χ4v) is 3.84. The summed E-state index contributed by atoms with van der Waals surface area (Å²) in [7, 11) is 1.85. The molecule has 7 heteroatoms. The van der Waals surface area contributed by atoms with Gasteiger partial charge in [-0.2, -0.15) is 5.10 Å². The van der Waals surface area contributed by atoms with Gasteiger partial charge in [-0.05, 0) is 37.5 Å². The number of likely N-dealkylation sites (tertiary alicyclic amines) is 1. The number of aromatic carboxylic acids is 1. The van der Waals surface area contributed by atoms with Crippen LogP contribution in [0, 0.1) is 6.92 Å². The molecule has 2 aromatic heterocycles. The van der Waals surface area contributed by atoms with Crippen molar-refractivity contribution in [3.8, 4) is 0 Å². The molecule has 2 aromatic rings. The molecule has 1 saturated heterocycles. The molecule has 0 saturated carbocycles. The van der Waals surface area contributed by atoms with Crippen molar-refractivity contribution in [3.05, 3.63) is 39.3 Å². The maximum absolute atomic E-state index is 12.7. The number of aromatic nitrogens is 2. The number of carboxylic acid groups (broad SMARTS) is 1. The van der Waals surface area contributed by atoms with E-state index < -0.39 is 5.97 Å². The summed E-state index contributed by atoms with van der Waals surface area (Å²) in [5.74, 6) is -1.09. The highest BCUT2D eigenvalue weighted by Gasteiger charge is 2.33. The molecule has 0 bridgehead atoms. The SMILES string of the molecule is Cc1cc(C(=O)N2CCCC2c2ccn(C)n2)sc1C(=O)O. The molecule has 1 aliphatic rings. The maximum atomic E-state index is 12.7. The van der Waals surface area contributed by atoms with Gasteiger partial charge in [-0.1, -0.05) is 0 Å². The van der Waals surface area contributed by atoms with Crippen molar-refractivity contribution in [3.63, 3.8) is 0 Å². The van der Waals surface area contributed by atoms with Gasteiger partial charge in [-0.3, -0.25) is 9.48 Å². The highest BCUT2D eigenvalue weighted by atomic mass is 32.1. The highest BCUT2D eigenvalue weighted by Crippen LogP contribution is 2.34. The van der Waals surface area contributed by atoms with E-state index in [9.17, 15) is 9.59 Å². The van der Waals surface area contributed by atoms with E-state index in [0.717, 1.165) is 29.9 Å². The summed E-state index contributed by atoms with van der Waals surface area (Å²) in [5.41, 5.74) is 1.52. The Kier molecular flexibility index (Phi) is 3.74. The number of hydrogen-bond acceptors (Lipinski definition) is 4. The fourth-order valence-electron chi connectivity index (χ4n) is 2.87. The summed E-state index contributed by atoms with van der Waals surface area (Å²) in [6.45, 7) is 2.40. The van der Waals surface area contributed by atoms with Crippen LogP contribution in [-0.2, 0) is 7.05 Å². The second kappa shape index (κ2) is 5.57. The number of thiophene rings is 1. The summed E-state index contributed by atoms with van der Waals surface area (Å²) in [6, 6.07) is 3.58. The minimum absolute atomic E-state index is 0.0237. The van der Waals surface area contributed by atoms with E-state index in [4.69, 9.17) is 5.11 Å². The molecule has 6 nitrogen and oxygen atoms in total. The number of carboxylic acids is 1. The third-order valence-corrected chi connectivity index (χ3v) is 5.13. The van der Waals surface area contributed by atoms with Crippen LogP contribution in [0.5, 0.6) is 0 Å². The van der Waals surface area contributed by atoms with Gasteiger partial charge >= 0.3 is 5.97 Å². The average Bonchev–Trinajstić information content (AvgIpc) is 3.16. The Hall–Kier alpha value is -2.15. The van der Waals surface area contributed by atoms with Crippen molar-refractivity contribution in [2.24, 2.45) is 7.05 Å². The summed E-state index contributed by atoms with van der Waals surface area (Å²) >= 11 is 1.05. The second-order valence-electron chi connectivity index (χ2n) is 5.50. The van der Waals surface area contributed by atoms with Crippen LogP contribution < -0.4 is 0 Å². The van der Waals surface area contributed by atoms with Gasteiger partial charge in [0.1, 0.15) is 4.88 Å². The van der Waals surface area contributed by atoms with Crippen LogP contribution in [0.1, 0.15) is 49.5 Å². The Balaban J connectivity index is 1.87. The lowest BCUT2D eigenvalue weighted by Gasteiger charge is -2.22. The molecule has 1 aliphatic heterocycles. The van der Waals surface area contributed by atoms with Crippen molar-refractivity contribution < 1.29 is 14.7 Å². The molecule has 1 unspecified atom stereocenters. The monoisotopic (exact) mass is 319 g/mol. The third-order valence-electron chi connectivity index (χ3n) is 3.91. The van der Waals surface area contributed by atoms with Gasteiger partial charge in [0.05, 0.1) is 16.6 Å². The van der Waals surface area contributed by atoms with Crippen LogP contribution >= 0.6 is 11.3 Å². The lowest BCUT2D eigenvalue weighted by atomic mass is 10.1. The fraction of sp³-hybridized carbons (Fsp3) is 0.400. The van der Waals surface area contributed by atoms with E-state index in [1.54, 1.807) is 22.6 Å². The molecule has 0 aromatic carbocycles. The van der Waals surface area contributed by atoms with E-state index in [2.05, 4.69) is 5.10 Å². The summed E-state index contributed by atoms with van der Waals surface area (Å²) in [4.78, 5) is 26.4. The van der Waals surface area contributed by atoms with Crippen molar-refractivity contribution in [2.75, 3.05) is 6.54 Å². The Morgan fingerprint density at radius 3 is 2.82 bits per heavy atom. The molecule has 116 valence electrons. The Bertz CT molecular complexity index is 734. The van der Waals surface area contributed by atoms with E-state index >= 15 is 0 Å². The van der Waals surface area contributed by atoms with Crippen molar-refractivity contribution in [2.45, 2.75) is 25.8 Å². The number of nitrogens with zero attached hydrogens (tertiary/aromatic N) is 3. The van der Waals surface area contributed by atoms with Crippen molar-refractivity contribution in [1.82, 2.24) is 14.7 Å². The quantitative estimate of drug-likeness (QED) is 0.943. The average molecular weight is 319 g/mol. The largest absolute Gasteiger partial charge is 0.477 e. The summed E-state index contributed by atoms with van der Waals surface area (Å²) in [6.07, 6.45) is 3.69. The minimum atomic E-state index is -0.982. The van der Waals surface area contributed by atoms with Gasteiger partial charge < -0.3 is 10.0 Å². The van der Waals surface area contributed by atoms with Crippen molar-refractivity contribution >= 4 is 23.2 Å². The van der Waals surface area contributed by atoms with Gasteiger partial charge in [0.15, 0.2) is 0 Å². The predicted octanol–water partition coefficient (Wildman–Crippen LogP) is 2.47. The molecule has 0 radical (unpaired) electrons. The van der Waals surface area contributed by atoms with Crippen LogP contribution in [0.4, 0.5) is 0 Å². The summed E-state index contributed by atoms with van der Waals surface area (Å²) in [5, 5.41) is 13.5. The number of aryl methyl sites for hydroxylation is 2. The van der Waals surface area contributed by atoms with Crippen LogP contribution in [0.2, 0.25) is 0 Å². The number of hydrogen-bond donors (Lipinski definition) is 1. The Morgan fingerprint density at radius 2 is 2.23 bits per heavy atom.